The van der Waals surface area contributed by atoms with E-state index in [1.165, 1.54) is 18.1 Å². The number of imidazole rings is 1. The van der Waals surface area contributed by atoms with Crippen molar-refractivity contribution < 1.29 is 4.79 Å². The largest absolute Gasteiger partial charge is 0.382 e. The highest BCUT2D eigenvalue weighted by atomic mass is 79.9. The molecule has 8 heteroatoms. The first-order valence-corrected chi connectivity index (χ1v) is 8.22. The number of halogens is 1. The second kappa shape index (κ2) is 5.06. The van der Waals surface area contributed by atoms with Gasteiger partial charge in [0.1, 0.15) is 11.8 Å². The standard InChI is InChI=1S/C14H10BrN5OS/c15-8-4-7-6(1-2-9(7)21)3-10(8)22-14-19-11-12(16)17-5-18-13(11)20-14/h3-5H,1-2H2,(H3,16,17,18,19,20). The van der Waals surface area contributed by atoms with E-state index in [1.54, 1.807) is 0 Å². The first-order valence-electron chi connectivity index (χ1n) is 6.61. The van der Waals surface area contributed by atoms with Crippen molar-refractivity contribution in [2.45, 2.75) is 22.9 Å². The number of ketones is 1. The number of rotatable bonds is 2. The lowest BCUT2D eigenvalue weighted by atomic mass is 10.1. The van der Waals surface area contributed by atoms with Crippen LogP contribution in [0, 0.1) is 0 Å². The molecule has 2 aromatic heterocycles. The van der Waals surface area contributed by atoms with Crippen molar-refractivity contribution in [3.63, 3.8) is 0 Å². The number of nitrogens with one attached hydrogen (secondary N) is 1. The minimum atomic E-state index is 0.207. The van der Waals surface area contributed by atoms with Gasteiger partial charge in [-0.2, -0.15) is 0 Å². The number of fused-ring (bicyclic) bond motifs is 2. The number of aromatic amines is 1. The molecule has 3 N–H and O–H groups in total. The summed E-state index contributed by atoms with van der Waals surface area (Å²) in [5, 5.41) is 0.687. The third kappa shape index (κ3) is 2.19. The van der Waals surface area contributed by atoms with Gasteiger partial charge in [-0.3, -0.25) is 4.79 Å². The molecule has 2 heterocycles. The number of aromatic nitrogens is 4. The number of H-pyrrole nitrogens is 1. The Bertz CT molecular complexity index is 923. The number of nitrogens with two attached hydrogens (primary N) is 1. The Morgan fingerprint density at radius 3 is 2.95 bits per heavy atom. The zero-order chi connectivity index (χ0) is 15.3. The highest BCUT2D eigenvalue weighted by molar-refractivity contribution is 9.10. The Hall–Kier alpha value is -1.93. The number of anilines is 1. The fraction of sp³-hybridized carbons (Fsp3) is 0.143. The van der Waals surface area contributed by atoms with Crippen molar-refractivity contribution in [2.75, 3.05) is 5.73 Å². The molecule has 0 aliphatic heterocycles. The fourth-order valence-corrected chi connectivity index (χ4v) is 3.94. The molecule has 110 valence electrons. The van der Waals surface area contributed by atoms with Gasteiger partial charge in [-0.15, -0.1) is 0 Å². The maximum atomic E-state index is 11.8. The van der Waals surface area contributed by atoms with Crippen LogP contribution >= 0.6 is 27.7 Å². The molecule has 1 aliphatic carbocycles. The lowest BCUT2D eigenvalue weighted by Gasteiger charge is -2.05. The van der Waals surface area contributed by atoms with Gasteiger partial charge in [-0.1, -0.05) is 11.8 Å². The van der Waals surface area contributed by atoms with Gasteiger partial charge < -0.3 is 10.7 Å². The van der Waals surface area contributed by atoms with E-state index >= 15 is 0 Å². The number of carbonyl (C=O) groups is 1. The predicted octanol–water partition coefficient (Wildman–Crippen LogP) is 2.98. The smallest absolute Gasteiger partial charge is 0.183 e. The van der Waals surface area contributed by atoms with Crippen LogP contribution in [0.25, 0.3) is 11.2 Å². The van der Waals surface area contributed by atoms with Crippen LogP contribution in [0.5, 0.6) is 0 Å². The summed E-state index contributed by atoms with van der Waals surface area (Å²) in [7, 11) is 0. The Morgan fingerprint density at radius 2 is 2.14 bits per heavy atom. The lowest BCUT2D eigenvalue weighted by molar-refractivity contribution is 0.0994. The summed E-state index contributed by atoms with van der Waals surface area (Å²) in [5.74, 6) is 0.585. The zero-order valence-corrected chi connectivity index (χ0v) is 13.7. The topological polar surface area (TPSA) is 97.5 Å². The quantitative estimate of drug-likeness (QED) is 0.714. The average molecular weight is 376 g/mol. The minimum Gasteiger partial charge on any atom is -0.382 e. The van der Waals surface area contributed by atoms with Gasteiger partial charge in [0.2, 0.25) is 0 Å². The highest BCUT2D eigenvalue weighted by Gasteiger charge is 2.22. The number of aryl methyl sites for hydroxylation is 1. The van der Waals surface area contributed by atoms with E-state index in [9.17, 15) is 4.79 Å². The van der Waals surface area contributed by atoms with Crippen molar-refractivity contribution in [3.8, 4) is 0 Å². The molecule has 22 heavy (non-hydrogen) atoms. The van der Waals surface area contributed by atoms with Crippen LogP contribution in [0.1, 0.15) is 22.3 Å². The Labute approximate surface area is 138 Å². The lowest BCUT2D eigenvalue weighted by Crippen LogP contribution is -1.92. The molecule has 0 bridgehead atoms. The zero-order valence-electron chi connectivity index (χ0n) is 11.3. The number of Topliss-reactive ketones (excluding diaryl/α,β-unsaturated/α-hetero) is 1. The predicted molar refractivity (Wildman–Crippen MR) is 87.0 cm³/mol. The second-order valence-corrected chi connectivity index (χ2v) is 6.85. The van der Waals surface area contributed by atoms with Crippen molar-refractivity contribution in [1.82, 2.24) is 19.9 Å². The maximum Gasteiger partial charge on any atom is 0.183 e. The van der Waals surface area contributed by atoms with Crippen LogP contribution < -0.4 is 5.73 Å². The molecule has 0 unspecified atom stereocenters. The molecule has 0 radical (unpaired) electrons. The van der Waals surface area contributed by atoms with Crippen LogP contribution in [0.2, 0.25) is 0 Å². The summed E-state index contributed by atoms with van der Waals surface area (Å²) in [6.07, 6.45) is 2.78. The van der Waals surface area contributed by atoms with E-state index in [0.29, 0.717) is 28.6 Å². The number of benzene rings is 1. The van der Waals surface area contributed by atoms with Crippen molar-refractivity contribution in [1.29, 1.82) is 0 Å². The molecular weight excluding hydrogens is 366 g/mol. The van der Waals surface area contributed by atoms with Crippen LogP contribution in [0.3, 0.4) is 0 Å². The summed E-state index contributed by atoms with van der Waals surface area (Å²) in [6.45, 7) is 0. The van der Waals surface area contributed by atoms with Crippen LogP contribution in [-0.4, -0.2) is 25.7 Å². The number of carbonyl (C=O) groups excluding carboxylic acids is 1. The van der Waals surface area contributed by atoms with E-state index in [0.717, 1.165) is 26.9 Å². The van der Waals surface area contributed by atoms with Crippen LogP contribution in [-0.2, 0) is 6.42 Å². The molecule has 4 rings (SSSR count). The highest BCUT2D eigenvalue weighted by Crippen LogP contribution is 2.37. The maximum absolute atomic E-state index is 11.8. The van der Waals surface area contributed by atoms with Gasteiger partial charge in [-0.25, -0.2) is 15.0 Å². The van der Waals surface area contributed by atoms with Gasteiger partial charge >= 0.3 is 0 Å². The molecule has 0 atom stereocenters. The normalized spacial score (nSPS) is 13.8. The molecule has 0 fully saturated rings. The summed E-state index contributed by atoms with van der Waals surface area (Å²) < 4.78 is 0.881. The number of nitrogen functional groups attached to an aromatic ring is 1. The minimum absolute atomic E-state index is 0.207. The molecule has 3 aromatic rings. The Balaban J connectivity index is 1.73. The molecule has 1 aliphatic rings. The fourth-order valence-electron chi connectivity index (χ4n) is 2.50. The summed E-state index contributed by atoms with van der Waals surface area (Å²) in [4.78, 5) is 28.3. The van der Waals surface area contributed by atoms with Crippen molar-refractivity contribution in [3.05, 3.63) is 34.1 Å². The molecule has 0 saturated heterocycles. The van der Waals surface area contributed by atoms with E-state index in [4.69, 9.17) is 5.73 Å². The molecule has 0 saturated carbocycles. The monoisotopic (exact) mass is 375 g/mol. The Morgan fingerprint density at radius 1 is 1.27 bits per heavy atom. The van der Waals surface area contributed by atoms with Crippen molar-refractivity contribution in [2.24, 2.45) is 0 Å². The van der Waals surface area contributed by atoms with Gasteiger partial charge in [0.05, 0.1) is 0 Å². The van der Waals surface area contributed by atoms with Gasteiger partial charge in [0.15, 0.2) is 22.4 Å². The second-order valence-electron chi connectivity index (χ2n) is 4.96. The number of hydrogen-bond donors (Lipinski definition) is 2. The third-order valence-corrected chi connectivity index (χ3v) is 5.45. The molecule has 0 spiro atoms. The third-order valence-electron chi connectivity index (χ3n) is 3.58. The average Bonchev–Trinajstić information content (AvgIpc) is 3.05. The Kier molecular flexibility index (Phi) is 3.16. The molecule has 6 nitrogen and oxygen atoms in total. The summed E-state index contributed by atoms with van der Waals surface area (Å²) in [5.41, 5.74) is 8.89. The first kappa shape index (κ1) is 13.7. The summed E-state index contributed by atoms with van der Waals surface area (Å²) in [6, 6.07) is 3.93. The van der Waals surface area contributed by atoms with Gasteiger partial charge in [0, 0.05) is 21.4 Å². The number of nitrogens with zero attached hydrogens (tertiary/aromatic N) is 3. The van der Waals surface area contributed by atoms with Crippen LogP contribution in [0.4, 0.5) is 5.82 Å². The van der Waals surface area contributed by atoms with Crippen molar-refractivity contribution >= 4 is 50.5 Å². The molecule has 0 amide bonds. The van der Waals surface area contributed by atoms with Crippen LogP contribution in [0.15, 0.2) is 33.0 Å². The van der Waals surface area contributed by atoms with Gasteiger partial charge in [0.25, 0.3) is 0 Å². The summed E-state index contributed by atoms with van der Waals surface area (Å²) >= 11 is 4.99. The van der Waals surface area contributed by atoms with E-state index < -0.39 is 0 Å². The van der Waals surface area contributed by atoms with Gasteiger partial charge in [-0.05, 0) is 40.0 Å². The molecular formula is C14H10BrN5OS. The van der Waals surface area contributed by atoms with E-state index in [1.807, 2.05) is 12.1 Å². The number of hydrogen-bond acceptors (Lipinski definition) is 6. The van der Waals surface area contributed by atoms with E-state index in [2.05, 4.69) is 35.9 Å². The first-order chi connectivity index (χ1) is 10.6. The van der Waals surface area contributed by atoms with E-state index in [-0.39, 0.29) is 5.78 Å². The molecule has 1 aromatic carbocycles. The SMILES string of the molecule is Nc1ncnc2nc(Sc3cc4c(cc3Br)C(=O)CC4)[nH]c12.